The van der Waals surface area contributed by atoms with Crippen LogP contribution in [0.3, 0.4) is 0 Å². The molecule has 4 rings (SSSR count). The van der Waals surface area contributed by atoms with E-state index < -0.39 is 58.0 Å². The van der Waals surface area contributed by atoms with Crippen molar-refractivity contribution in [2.24, 2.45) is 17.6 Å². The Hall–Kier alpha value is -3.25. The molecule has 6 N–H and O–H groups in total. The van der Waals surface area contributed by atoms with E-state index in [9.17, 15) is 34.8 Å². The van der Waals surface area contributed by atoms with Gasteiger partial charge in [-0.3, -0.25) is 19.3 Å². The van der Waals surface area contributed by atoms with E-state index in [1.807, 2.05) is 0 Å². The average molecular weight is 488 g/mol. The first kappa shape index (κ1) is 24.9. The van der Waals surface area contributed by atoms with Gasteiger partial charge in [-0.1, -0.05) is 6.07 Å². The van der Waals surface area contributed by atoms with Gasteiger partial charge < -0.3 is 31.0 Å². The Balaban J connectivity index is 1.94. The molecule has 0 bridgehead atoms. The molecule has 0 spiro atoms. The Kier molecular flexibility index (Phi) is 6.00. The molecule has 1 aromatic rings. The molecular weight excluding hydrogens is 458 g/mol. The Morgan fingerprint density at radius 3 is 2.43 bits per heavy atom. The number of hydrogen-bond acceptors (Lipinski definition) is 10. The van der Waals surface area contributed by atoms with E-state index in [0.717, 1.165) is 5.56 Å². The van der Waals surface area contributed by atoms with Crippen LogP contribution in [0.1, 0.15) is 23.1 Å². The third-order valence-corrected chi connectivity index (χ3v) is 7.41. The lowest BCUT2D eigenvalue weighted by atomic mass is 9.57. The van der Waals surface area contributed by atoms with Crippen molar-refractivity contribution in [2.45, 2.75) is 31.0 Å². The van der Waals surface area contributed by atoms with Gasteiger partial charge in [-0.25, -0.2) is 0 Å². The first-order chi connectivity index (χ1) is 16.4. The summed E-state index contributed by atoms with van der Waals surface area (Å²) in [6.07, 6.45) is 0.275. The number of benzene rings is 1. The number of aliphatic hydroxyl groups is 3. The summed E-state index contributed by atoms with van der Waals surface area (Å²) in [7, 11) is 6.34. The number of phenols is 1. The van der Waals surface area contributed by atoms with Gasteiger partial charge in [-0.2, -0.15) is 5.06 Å². The topological polar surface area (TPSA) is 174 Å². The minimum atomic E-state index is -2.64. The van der Waals surface area contributed by atoms with Gasteiger partial charge in [0, 0.05) is 25.1 Å². The Bertz CT molecular complexity index is 1200. The van der Waals surface area contributed by atoms with Gasteiger partial charge >= 0.3 is 0 Å². The molecule has 11 nitrogen and oxygen atoms in total. The third-order valence-electron chi connectivity index (χ3n) is 7.41. The number of aliphatic hydroxyl groups excluding tert-OH is 2. The summed E-state index contributed by atoms with van der Waals surface area (Å²) in [5.41, 5.74) is 3.09. The Morgan fingerprint density at radius 1 is 1.20 bits per heavy atom. The van der Waals surface area contributed by atoms with Gasteiger partial charge in [-0.15, -0.1) is 0 Å². The molecule has 1 aromatic carbocycles. The molecule has 0 aliphatic heterocycles. The molecule has 0 saturated heterocycles. The molecule has 2 unspecified atom stereocenters. The zero-order valence-corrected chi connectivity index (χ0v) is 19.9. The fourth-order valence-corrected chi connectivity index (χ4v) is 5.76. The third kappa shape index (κ3) is 3.46. The normalized spacial score (nSPS) is 28.4. The highest BCUT2D eigenvalue weighted by Gasteiger charge is 2.64. The van der Waals surface area contributed by atoms with Crippen molar-refractivity contribution in [3.63, 3.8) is 0 Å². The number of nitrogens with two attached hydrogens (primary N) is 1. The van der Waals surface area contributed by atoms with Crippen molar-refractivity contribution in [3.05, 3.63) is 45.7 Å². The van der Waals surface area contributed by atoms with Crippen LogP contribution < -0.4 is 5.73 Å². The minimum absolute atomic E-state index is 0.0426. The summed E-state index contributed by atoms with van der Waals surface area (Å²) in [6, 6.07) is 1.98. The Morgan fingerprint density at radius 2 is 1.86 bits per heavy atom. The van der Waals surface area contributed by atoms with E-state index in [1.54, 1.807) is 32.3 Å². The van der Waals surface area contributed by atoms with E-state index in [0.29, 0.717) is 12.1 Å². The van der Waals surface area contributed by atoms with E-state index >= 15 is 0 Å². The molecule has 0 radical (unpaired) electrons. The average Bonchev–Trinajstić information content (AvgIpc) is 2.77. The number of rotatable bonds is 5. The van der Waals surface area contributed by atoms with Crippen LogP contribution in [0.25, 0.3) is 5.76 Å². The first-order valence-corrected chi connectivity index (χ1v) is 11.1. The van der Waals surface area contributed by atoms with Gasteiger partial charge in [0.1, 0.15) is 22.8 Å². The summed E-state index contributed by atoms with van der Waals surface area (Å²) in [5.74, 6) is -6.68. The smallest absolute Gasteiger partial charge is 0.255 e. The van der Waals surface area contributed by atoms with Crippen LogP contribution in [0.15, 0.2) is 29.0 Å². The summed E-state index contributed by atoms with van der Waals surface area (Å²) in [5, 5.41) is 45.7. The molecule has 3 aliphatic rings. The summed E-state index contributed by atoms with van der Waals surface area (Å²) < 4.78 is 0. The number of primary amides is 1. The number of hydrogen-bond donors (Lipinski definition) is 5. The SMILES string of the molecule is CON(C)Cc1ccc(O)c2c1CC1CC3[C@@H](N(C)C)C(=O)C(C(N)=O)=C(O)[C@@]3(O)C(=O)C1=C2O. The number of fused-ring (bicyclic) bond motifs is 3. The highest BCUT2D eigenvalue weighted by atomic mass is 16.7. The summed E-state index contributed by atoms with van der Waals surface area (Å²) >= 11 is 0. The monoisotopic (exact) mass is 487 g/mol. The predicted molar refractivity (Wildman–Crippen MR) is 123 cm³/mol. The maximum atomic E-state index is 13.8. The second-order valence-electron chi connectivity index (χ2n) is 9.53. The van der Waals surface area contributed by atoms with Crippen LogP contribution in [-0.4, -0.2) is 87.8 Å². The van der Waals surface area contributed by atoms with Crippen LogP contribution in [-0.2, 0) is 32.2 Å². The predicted octanol–water partition coefficient (Wildman–Crippen LogP) is -0.0428. The van der Waals surface area contributed by atoms with Crippen LogP contribution in [0.4, 0.5) is 0 Å². The van der Waals surface area contributed by atoms with Crippen molar-refractivity contribution >= 4 is 23.2 Å². The second-order valence-corrected chi connectivity index (χ2v) is 9.53. The number of ketones is 2. The molecule has 1 saturated carbocycles. The van der Waals surface area contributed by atoms with Crippen molar-refractivity contribution < 1.29 is 39.6 Å². The van der Waals surface area contributed by atoms with Gasteiger partial charge in [0.25, 0.3) is 5.91 Å². The van der Waals surface area contributed by atoms with Crippen molar-refractivity contribution in [2.75, 3.05) is 28.3 Å². The van der Waals surface area contributed by atoms with Crippen LogP contribution in [0.5, 0.6) is 5.75 Å². The van der Waals surface area contributed by atoms with Gasteiger partial charge in [-0.05, 0) is 50.0 Å². The molecule has 1 amide bonds. The number of aromatic hydroxyl groups is 1. The van der Waals surface area contributed by atoms with Crippen molar-refractivity contribution in [1.82, 2.24) is 9.96 Å². The maximum absolute atomic E-state index is 13.8. The lowest BCUT2D eigenvalue weighted by Gasteiger charge is -2.50. The van der Waals surface area contributed by atoms with E-state index in [1.165, 1.54) is 18.1 Å². The molecule has 3 aliphatic carbocycles. The second kappa shape index (κ2) is 8.45. The number of nitrogens with zero attached hydrogens (tertiary/aromatic N) is 2. The lowest BCUT2D eigenvalue weighted by molar-refractivity contribution is -0.153. The summed E-state index contributed by atoms with van der Waals surface area (Å²) in [4.78, 5) is 45.5. The van der Waals surface area contributed by atoms with E-state index in [-0.39, 0.29) is 29.7 Å². The fraction of sp³-hybridized carbons (Fsp3) is 0.458. The Labute approximate surface area is 201 Å². The van der Waals surface area contributed by atoms with Crippen LogP contribution in [0.2, 0.25) is 0 Å². The maximum Gasteiger partial charge on any atom is 0.255 e. The highest BCUT2D eigenvalue weighted by molar-refractivity contribution is 6.24. The fourth-order valence-electron chi connectivity index (χ4n) is 5.76. The zero-order chi connectivity index (χ0) is 26.0. The summed E-state index contributed by atoms with van der Waals surface area (Å²) in [6.45, 7) is 0.333. The number of likely N-dealkylation sites (N-methyl/N-ethyl adjacent to an activating group) is 1. The van der Waals surface area contributed by atoms with Crippen molar-refractivity contribution in [1.29, 1.82) is 0 Å². The standard InChI is InChI=1S/C24H29N3O8/c1-26(2)18-13-8-11-7-12-10(9-27(3)35-4)5-6-14(28)16(12)19(29)15(11)21(31)24(13,34)22(32)17(20(18)30)23(25)33/h5-6,11,13,18,28-29,32,34H,7-9H2,1-4H3,(H2,25,33)/t11?,13?,18-,24+/m1/s1. The number of carbonyl (C=O) groups is 3. The van der Waals surface area contributed by atoms with Crippen LogP contribution >= 0.6 is 0 Å². The molecule has 188 valence electrons. The molecule has 1 fully saturated rings. The first-order valence-electron chi connectivity index (χ1n) is 11.1. The quantitative estimate of drug-likeness (QED) is 0.280. The van der Waals surface area contributed by atoms with Gasteiger partial charge in [0.2, 0.25) is 5.78 Å². The highest BCUT2D eigenvalue weighted by Crippen LogP contribution is 2.52. The van der Waals surface area contributed by atoms with Crippen molar-refractivity contribution in [3.8, 4) is 5.75 Å². The zero-order valence-electron chi connectivity index (χ0n) is 19.9. The largest absolute Gasteiger partial charge is 0.508 e. The number of hydroxylamine groups is 2. The van der Waals surface area contributed by atoms with E-state index in [2.05, 4.69) is 0 Å². The molecule has 35 heavy (non-hydrogen) atoms. The number of Topliss-reactive ketones (excluding diaryl/α,β-unsaturated/α-hetero) is 2. The van der Waals surface area contributed by atoms with E-state index in [4.69, 9.17) is 10.6 Å². The lowest BCUT2D eigenvalue weighted by Crippen LogP contribution is -2.65. The minimum Gasteiger partial charge on any atom is -0.508 e. The van der Waals surface area contributed by atoms with Gasteiger partial charge in [0.05, 0.1) is 18.7 Å². The molecule has 11 heteroatoms. The molecular formula is C24H29N3O8. The molecule has 4 atom stereocenters. The van der Waals surface area contributed by atoms with Crippen LogP contribution in [0, 0.1) is 11.8 Å². The molecule has 0 heterocycles. The molecule has 0 aromatic heterocycles. The number of phenolic OH excluding ortho intramolecular Hbond substituents is 1. The number of amides is 1. The number of carbonyl (C=O) groups excluding carboxylic acids is 3. The van der Waals surface area contributed by atoms with Gasteiger partial charge in [0.15, 0.2) is 11.4 Å².